The number of esters is 2. The largest absolute Gasteiger partial charge is 0.458 e. The summed E-state index contributed by atoms with van der Waals surface area (Å²) in [5, 5.41) is 0. The zero-order chi connectivity index (χ0) is 13.3. The minimum Gasteiger partial charge on any atom is -0.458 e. The van der Waals surface area contributed by atoms with Crippen LogP contribution in [-0.4, -0.2) is 24.6 Å². The summed E-state index contributed by atoms with van der Waals surface area (Å²) in [6.07, 6.45) is -0.455. The molecule has 0 N–H and O–H groups in total. The van der Waals surface area contributed by atoms with Crippen LogP contribution in [0.15, 0.2) is 24.3 Å². The first kappa shape index (κ1) is 12.6. The fraction of sp³-hybridized carbons (Fsp3) is 0.429. The normalized spacial score (nSPS) is 20.3. The third-order valence-corrected chi connectivity index (χ3v) is 2.94. The molecular formula is C14H16O4. The summed E-state index contributed by atoms with van der Waals surface area (Å²) in [5.74, 6) is -0.784. The Morgan fingerprint density at radius 3 is 2.00 bits per heavy atom. The molecule has 3 rings (SSSR count). The van der Waals surface area contributed by atoms with E-state index in [1.807, 2.05) is 20.8 Å². The number of hydrogen-bond donors (Lipinski definition) is 0. The van der Waals surface area contributed by atoms with E-state index in [1.165, 1.54) is 0 Å². The number of benzene rings is 1. The topological polar surface area (TPSA) is 52.6 Å². The summed E-state index contributed by atoms with van der Waals surface area (Å²) in [6, 6.07) is 6.28. The van der Waals surface area contributed by atoms with Gasteiger partial charge in [-0.15, -0.1) is 0 Å². The van der Waals surface area contributed by atoms with Crippen LogP contribution in [-0.2, 0) is 9.47 Å². The molecule has 0 fully saturated rings. The van der Waals surface area contributed by atoms with Crippen LogP contribution < -0.4 is 0 Å². The third kappa shape index (κ3) is 2.53. The molecule has 1 atom stereocenters. The molecule has 0 saturated heterocycles. The van der Waals surface area contributed by atoms with E-state index in [2.05, 4.69) is 0 Å². The third-order valence-electron chi connectivity index (χ3n) is 2.94. The highest BCUT2D eigenvalue weighted by Crippen LogP contribution is 2.25. The fourth-order valence-electron chi connectivity index (χ4n) is 1.64. The first-order chi connectivity index (χ1) is 8.38. The van der Waals surface area contributed by atoms with Crippen molar-refractivity contribution in [3.63, 3.8) is 0 Å². The fourth-order valence-corrected chi connectivity index (χ4v) is 1.64. The Morgan fingerprint density at radius 2 is 1.50 bits per heavy atom. The highest BCUT2D eigenvalue weighted by molar-refractivity contribution is 5.93. The van der Waals surface area contributed by atoms with Crippen LogP contribution in [0.3, 0.4) is 0 Å². The minimum atomic E-state index is -0.455. The predicted molar refractivity (Wildman–Crippen MR) is 65.4 cm³/mol. The quantitative estimate of drug-likeness (QED) is 0.662. The van der Waals surface area contributed by atoms with E-state index in [1.54, 1.807) is 24.3 Å². The highest BCUT2D eigenvalue weighted by atomic mass is 16.6. The van der Waals surface area contributed by atoms with Crippen molar-refractivity contribution in [3.8, 4) is 0 Å². The molecular weight excluding hydrogens is 232 g/mol. The van der Waals surface area contributed by atoms with Gasteiger partial charge in [0.15, 0.2) is 0 Å². The van der Waals surface area contributed by atoms with Gasteiger partial charge >= 0.3 is 11.9 Å². The molecule has 1 aromatic carbocycles. The van der Waals surface area contributed by atoms with Crippen LogP contribution >= 0.6 is 0 Å². The van der Waals surface area contributed by atoms with Crippen molar-refractivity contribution < 1.29 is 19.1 Å². The first-order valence-electron chi connectivity index (χ1n) is 5.86. The number of rotatable bonds is 0. The average Bonchev–Trinajstić information content (AvgIpc) is 2.32. The Labute approximate surface area is 106 Å². The van der Waals surface area contributed by atoms with Crippen molar-refractivity contribution in [2.24, 2.45) is 5.41 Å². The molecule has 0 spiro atoms. The SMILES string of the molecule is CC(C)(C)C1COC(=O)c2ccc(cc2)C(=O)O1. The number of carbonyl (C=O) groups is 2. The van der Waals surface area contributed by atoms with Gasteiger partial charge in [0.2, 0.25) is 0 Å². The molecule has 0 amide bonds. The Morgan fingerprint density at radius 1 is 1.00 bits per heavy atom. The minimum absolute atomic E-state index is 0.0759. The Balaban J connectivity index is 2.35. The lowest BCUT2D eigenvalue weighted by Crippen LogP contribution is -2.37. The summed E-state index contributed by atoms with van der Waals surface area (Å²) >= 11 is 0. The summed E-state index contributed by atoms with van der Waals surface area (Å²) in [6.45, 7) is 5.89. The van der Waals surface area contributed by atoms with Crippen LogP contribution in [0.2, 0.25) is 0 Å². The highest BCUT2D eigenvalue weighted by Gasteiger charge is 2.31. The van der Waals surface area contributed by atoms with Crippen LogP contribution in [0, 0.1) is 5.41 Å². The lowest BCUT2D eigenvalue weighted by atomic mass is 9.89. The summed E-state index contributed by atoms with van der Waals surface area (Å²) in [4.78, 5) is 23.6. The van der Waals surface area contributed by atoms with Gasteiger partial charge in [0.05, 0.1) is 11.1 Å². The van der Waals surface area contributed by atoms with Gasteiger partial charge in [0.25, 0.3) is 0 Å². The number of carbonyl (C=O) groups excluding carboxylic acids is 2. The second kappa shape index (κ2) is 4.44. The van der Waals surface area contributed by atoms with Gasteiger partial charge in [0.1, 0.15) is 12.7 Å². The maximum atomic E-state index is 11.9. The van der Waals surface area contributed by atoms with Crippen molar-refractivity contribution in [1.29, 1.82) is 0 Å². The molecule has 4 heteroatoms. The van der Waals surface area contributed by atoms with Gasteiger partial charge in [-0.3, -0.25) is 0 Å². The molecule has 2 aliphatic rings. The molecule has 1 aromatic rings. The van der Waals surface area contributed by atoms with Crippen LogP contribution in [0.5, 0.6) is 0 Å². The van der Waals surface area contributed by atoms with E-state index >= 15 is 0 Å². The first-order valence-corrected chi connectivity index (χ1v) is 5.86. The smallest absolute Gasteiger partial charge is 0.338 e. The monoisotopic (exact) mass is 248 g/mol. The zero-order valence-electron chi connectivity index (χ0n) is 10.7. The Kier molecular flexibility index (Phi) is 3.11. The second-order valence-corrected chi connectivity index (χ2v) is 5.44. The van der Waals surface area contributed by atoms with Gasteiger partial charge in [0, 0.05) is 5.41 Å². The number of ether oxygens (including phenoxy) is 2. The van der Waals surface area contributed by atoms with Gasteiger partial charge in [-0.25, -0.2) is 9.59 Å². The van der Waals surface area contributed by atoms with Crippen molar-refractivity contribution in [2.75, 3.05) is 6.61 Å². The molecule has 1 unspecified atom stereocenters. The molecule has 2 heterocycles. The van der Waals surface area contributed by atoms with Crippen LogP contribution in [0.25, 0.3) is 0 Å². The van der Waals surface area contributed by atoms with Crippen molar-refractivity contribution in [1.82, 2.24) is 0 Å². The lowest BCUT2D eigenvalue weighted by molar-refractivity contribution is -0.0359. The van der Waals surface area contributed by atoms with Crippen LogP contribution in [0.4, 0.5) is 0 Å². The molecule has 0 radical (unpaired) electrons. The van der Waals surface area contributed by atoms with E-state index in [0.717, 1.165) is 0 Å². The van der Waals surface area contributed by atoms with Crippen molar-refractivity contribution in [3.05, 3.63) is 35.4 Å². The Bertz CT molecular complexity index is 468. The van der Waals surface area contributed by atoms with Crippen molar-refractivity contribution in [2.45, 2.75) is 26.9 Å². The van der Waals surface area contributed by atoms with Crippen LogP contribution in [0.1, 0.15) is 41.5 Å². The number of hydrogen-bond acceptors (Lipinski definition) is 4. The molecule has 2 aliphatic heterocycles. The predicted octanol–water partition coefficient (Wildman–Crippen LogP) is 2.43. The Hall–Kier alpha value is -1.84. The van der Waals surface area contributed by atoms with Gasteiger partial charge in [-0.05, 0) is 24.3 Å². The maximum Gasteiger partial charge on any atom is 0.338 e. The van der Waals surface area contributed by atoms with Gasteiger partial charge in [-0.2, -0.15) is 0 Å². The lowest BCUT2D eigenvalue weighted by Gasteiger charge is -2.30. The molecule has 0 saturated carbocycles. The molecule has 18 heavy (non-hydrogen) atoms. The molecule has 0 aromatic heterocycles. The van der Waals surface area contributed by atoms with E-state index in [0.29, 0.717) is 11.1 Å². The summed E-state index contributed by atoms with van der Waals surface area (Å²) in [5.41, 5.74) is 0.608. The van der Waals surface area contributed by atoms with E-state index in [4.69, 9.17) is 9.47 Å². The summed E-state index contributed by atoms with van der Waals surface area (Å²) < 4.78 is 10.6. The average molecular weight is 248 g/mol. The standard InChI is InChI=1S/C14H16O4/c1-14(2,3)11-8-17-12(15)9-4-6-10(7-5-9)13(16)18-11/h4-7,11H,8H2,1-3H3. The van der Waals surface area contributed by atoms with Crippen molar-refractivity contribution >= 4 is 11.9 Å². The van der Waals surface area contributed by atoms with E-state index < -0.39 is 12.1 Å². The second-order valence-electron chi connectivity index (χ2n) is 5.44. The van der Waals surface area contributed by atoms with Gasteiger partial charge in [-0.1, -0.05) is 20.8 Å². The zero-order valence-corrected chi connectivity index (χ0v) is 10.7. The maximum absolute atomic E-state index is 11.9. The van der Waals surface area contributed by atoms with Gasteiger partial charge < -0.3 is 9.47 Å². The van der Waals surface area contributed by atoms with E-state index in [9.17, 15) is 9.59 Å². The molecule has 96 valence electrons. The van der Waals surface area contributed by atoms with E-state index in [-0.39, 0.29) is 18.0 Å². The molecule has 2 bridgehead atoms. The summed E-state index contributed by atoms with van der Waals surface area (Å²) in [7, 11) is 0. The number of fused-ring (bicyclic) bond motifs is 7. The molecule has 4 nitrogen and oxygen atoms in total. The molecule has 0 aliphatic carbocycles.